The highest BCUT2D eigenvalue weighted by Crippen LogP contribution is 2.22. The number of hydrogen-bond acceptors (Lipinski definition) is 5. The van der Waals surface area contributed by atoms with Crippen molar-refractivity contribution in [2.75, 3.05) is 24.6 Å². The minimum Gasteiger partial charge on any atom is -0.463 e. The molecule has 0 bridgehead atoms. The van der Waals surface area contributed by atoms with Crippen molar-refractivity contribution in [3.63, 3.8) is 0 Å². The molecule has 0 unspecified atom stereocenters. The lowest BCUT2D eigenvalue weighted by Gasteiger charge is -2.20. The fraction of sp³-hybridized carbons (Fsp3) is 0.400. The first-order valence-electron chi connectivity index (χ1n) is 8.76. The summed E-state index contributed by atoms with van der Waals surface area (Å²) in [7, 11) is 0. The molecule has 0 N–H and O–H groups in total. The molecule has 0 saturated carbocycles. The van der Waals surface area contributed by atoms with Crippen molar-refractivity contribution in [2.24, 2.45) is 0 Å². The van der Waals surface area contributed by atoms with Gasteiger partial charge in [0.05, 0.1) is 12.2 Å². The zero-order valence-electron chi connectivity index (χ0n) is 15.1. The smallest absolute Gasteiger partial charge is 0.343 e. The minimum atomic E-state index is -0.471. The van der Waals surface area contributed by atoms with Gasteiger partial charge in [-0.15, -0.1) is 0 Å². The fourth-order valence-electron chi connectivity index (χ4n) is 2.54. The highest BCUT2D eigenvalue weighted by atomic mass is 16.5. The average Bonchev–Trinajstić information content (AvgIpc) is 2.61. The topological polar surface area (TPSA) is 59.8 Å². The number of carbonyl (C=O) groups excluding carboxylic acids is 1. The van der Waals surface area contributed by atoms with Crippen LogP contribution in [-0.4, -0.2) is 25.7 Å². The van der Waals surface area contributed by atoms with Crippen LogP contribution in [0, 0.1) is 0 Å². The average molecular weight is 343 g/mol. The molecule has 0 aliphatic rings. The molecular weight excluding hydrogens is 318 g/mol. The molecule has 0 atom stereocenters. The highest BCUT2D eigenvalue weighted by molar-refractivity contribution is 5.88. The number of ether oxygens (including phenoxy) is 1. The Bertz CT molecular complexity index is 803. The van der Waals surface area contributed by atoms with Gasteiger partial charge >= 0.3 is 11.6 Å². The Morgan fingerprint density at radius 1 is 1.20 bits per heavy atom. The molecule has 0 aliphatic carbocycles. The highest BCUT2D eigenvalue weighted by Gasteiger charge is 2.07. The van der Waals surface area contributed by atoms with Crippen molar-refractivity contribution in [3.05, 3.63) is 46.3 Å². The number of hydrogen-bond donors (Lipinski definition) is 0. The van der Waals surface area contributed by atoms with E-state index >= 15 is 0 Å². The van der Waals surface area contributed by atoms with Gasteiger partial charge in [-0.05, 0) is 44.5 Å². The normalized spacial score (nSPS) is 11.2. The van der Waals surface area contributed by atoms with Crippen LogP contribution in [0.2, 0.25) is 0 Å². The van der Waals surface area contributed by atoms with Crippen LogP contribution in [-0.2, 0) is 9.53 Å². The molecule has 0 saturated heterocycles. The maximum atomic E-state index is 12.1. The fourth-order valence-corrected chi connectivity index (χ4v) is 2.54. The van der Waals surface area contributed by atoms with Crippen LogP contribution in [0.3, 0.4) is 0 Å². The number of unbranched alkanes of at least 4 members (excludes halogenated alkanes) is 1. The summed E-state index contributed by atoms with van der Waals surface area (Å²) in [5.74, 6) is -0.454. The Labute approximate surface area is 147 Å². The predicted molar refractivity (Wildman–Crippen MR) is 101 cm³/mol. The lowest BCUT2D eigenvalue weighted by atomic mass is 10.1. The Kier molecular flexibility index (Phi) is 6.81. The van der Waals surface area contributed by atoms with Crippen molar-refractivity contribution in [1.82, 2.24) is 0 Å². The Hall–Kier alpha value is -2.56. The van der Waals surface area contributed by atoms with Crippen LogP contribution >= 0.6 is 0 Å². The van der Waals surface area contributed by atoms with Gasteiger partial charge in [-0.3, -0.25) is 0 Å². The number of carbonyl (C=O) groups is 1. The zero-order valence-corrected chi connectivity index (χ0v) is 15.1. The second-order valence-electron chi connectivity index (χ2n) is 5.74. The molecule has 2 aromatic rings. The van der Waals surface area contributed by atoms with Gasteiger partial charge < -0.3 is 14.1 Å². The summed E-state index contributed by atoms with van der Waals surface area (Å²) in [4.78, 5) is 25.9. The number of fused-ring (bicyclic) bond motifs is 1. The van der Waals surface area contributed by atoms with Crippen LogP contribution < -0.4 is 10.5 Å². The van der Waals surface area contributed by atoms with E-state index in [2.05, 4.69) is 18.7 Å². The predicted octanol–water partition coefficient (Wildman–Crippen LogP) is 4.00. The molecule has 1 aromatic carbocycles. The van der Waals surface area contributed by atoms with Crippen molar-refractivity contribution < 1.29 is 13.9 Å². The third-order valence-corrected chi connectivity index (χ3v) is 4.02. The van der Waals surface area contributed by atoms with Gasteiger partial charge in [0.25, 0.3) is 0 Å². The van der Waals surface area contributed by atoms with Crippen LogP contribution in [0.4, 0.5) is 5.69 Å². The summed E-state index contributed by atoms with van der Waals surface area (Å²) in [6, 6.07) is 7.52. The lowest BCUT2D eigenvalue weighted by Crippen LogP contribution is -2.21. The van der Waals surface area contributed by atoms with E-state index in [0.717, 1.165) is 37.0 Å². The third-order valence-electron chi connectivity index (χ3n) is 4.02. The molecule has 25 heavy (non-hydrogen) atoms. The Balaban J connectivity index is 2.23. The lowest BCUT2D eigenvalue weighted by molar-refractivity contribution is -0.137. The maximum absolute atomic E-state index is 12.1. The van der Waals surface area contributed by atoms with Gasteiger partial charge in [0.2, 0.25) is 0 Å². The molecular formula is C20H25NO4. The van der Waals surface area contributed by atoms with Gasteiger partial charge in [-0.2, -0.15) is 0 Å². The summed E-state index contributed by atoms with van der Waals surface area (Å²) in [5, 5.41) is 0.814. The van der Waals surface area contributed by atoms with E-state index in [-0.39, 0.29) is 0 Å². The van der Waals surface area contributed by atoms with E-state index in [9.17, 15) is 9.59 Å². The molecule has 0 radical (unpaired) electrons. The minimum absolute atomic E-state index is 0.329. The summed E-state index contributed by atoms with van der Waals surface area (Å²) in [5.41, 5.74) is 1.41. The zero-order chi connectivity index (χ0) is 18.2. The van der Waals surface area contributed by atoms with Crippen molar-refractivity contribution in [1.29, 1.82) is 0 Å². The molecule has 5 nitrogen and oxygen atoms in total. The second-order valence-corrected chi connectivity index (χ2v) is 5.74. The molecule has 2 rings (SSSR count). The van der Waals surface area contributed by atoms with E-state index in [1.807, 2.05) is 25.1 Å². The van der Waals surface area contributed by atoms with Crippen molar-refractivity contribution >= 4 is 28.7 Å². The number of nitrogens with zero attached hydrogens (tertiary/aromatic N) is 1. The molecule has 5 heteroatoms. The molecule has 1 aromatic heterocycles. The first kappa shape index (κ1) is 18.8. The van der Waals surface area contributed by atoms with Gasteiger partial charge in [0.15, 0.2) is 0 Å². The van der Waals surface area contributed by atoms with E-state index in [4.69, 9.17) is 9.15 Å². The van der Waals surface area contributed by atoms with Gasteiger partial charge in [0.1, 0.15) is 5.58 Å². The van der Waals surface area contributed by atoms with E-state index in [1.54, 1.807) is 6.07 Å². The number of anilines is 1. The first-order valence-corrected chi connectivity index (χ1v) is 8.76. The SMILES string of the molecule is CCCCOC(=O)/C=C/c1cc2ccc(N(CC)CC)cc2oc1=O. The Morgan fingerprint density at radius 3 is 2.64 bits per heavy atom. The van der Waals surface area contributed by atoms with Gasteiger partial charge in [-0.25, -0.2) is 9.59 Å². The second kappa shape index (κ2) is 9.06. The number of benzene rings is 1. The van der Waals surface area contributed by atoms with Crippen LogP contribution in [0.15, 0.2) is 39.6 Å². The first-order chi connectivity index (χ1) is 12.1. The quantitative estimate of drug-likeness (QED) is 0.314. The summed E-state index contributed by atoms with van der Waals surface area (Å²) >= 11 is 0. The maximum Gasteiger partial charge on any atom is 0.343 e. The molecule has 1 heterocycles. The van der Waals surface area contributed by atoms with Crippen molar-refractivity contribution in [3.8, 4) is 0 Å². The van der Waals surface area contributed by atoms with E-state index in [0.29, 0.717) is 17.8 Å². The van der Waals surface area contributed by atoms with Crippen LogP contribution in [0.25, 0.3) is 17.0 Å². The molecule has 0 spiro atoms. The molecule has 134 valence electrons. The standard InChI is InChI=1S/C20H25NO4/c1-4-7-12-24-19(22)11-9-16-13-15-8-10-17(21(5-2)6-3)14-18(15)25-20(16)23/h8-11,13-14H,4-7,12H2,1-3H3/b11-9+. The van der Waals surface area contributed by atoms with E-state index in [1.165, 1.54) is 12.2 Å². The monoisotopic (exact) mass is 343 g/mol. The summed E-state index contributed by atoms with van der Waals surface area (Å²) < 4.78 is 10.5. The van der Waals surface area contributed by atoms with Gasteiger partial charge in [-0.1, -0.05) is 13.3 Å². The largest absolute Gasteiger partial charge is 0.463 e. The Morgan fingerprint density at radius 2 is 1.96 bits per heavy atom. The van der Waals surface area contributed by atoms with Gasteiger partial charge in [0, 0.05) is 36.3 Å². The van der Waals surface area contributed by atoms with E-state index < -0.39 is 11.6 Å². The number of esters is 1. The van der Waals surface area contributed by atoms with Crippen LogP contribution in [0.1, 0.15) is 39.2 Å². The molecule has 0 fully saturated rings. The van der Waals surface area contributed by atoms with Crippen LogP contribution in [0.5, 0.6) is 0 Å². The molecule has 0 aliphatic heterocycles. The summed E-state index contributed by atoms with van der Waals surface area (Å²) in [6.07, 6.45) is 4.49. The summed E-state index contributed by atoms with van der Waals surface area (Å²) in [6.45, 7) is 8.34. The van der Waals surface area contributed by atoms with Crippen molar-refractivity contribution in [2.45, 2.75) is 33.6 Å². The molecule has 0 amide bonds. The third kappa shape index (κ3) is 4.95. The number of rotatable bonds is 8.